The molecule has 0 radical (unpaired) electrons. The van der Waals surface area contributed by atoms with E-state index >= 15 is 0 Å². The van der Waals surface area contributed by atoms with Gasteiger partial charge in [-0.15, -0.1) is 0 Å². The van der Waals surface area contributed by atoms with Gasteiger partial charge in [0.25, 0.3) is 0 Å². The lowest BCUT2D eigenvalue weighted by molar-refractivity contribution is 0.398. The summed E-state index contributed by atoms with van der Waals surface area (Å²) < 4.78 is 19.9. The number of ether oxygens (including phenoxy) is 1. The summed E-state index contributed by atoms with van der Waals surface area (Å²) in [6.07, 6.45) is 4.30. The van der Waals surface area contributed by atoms with Crippen LogP contribution in [0.2, 0.25) is 5.02 Å². The molecular weight excluding hydrogens is 457 g/mol. The van der Waals surface area contributed by atoms with Gasteiger partial charge in [-0.3, -0.25) is 5.10 Å². The van der Waals surface area contributed by atoms with E-state index in [4.69, 9.17) is 27.1 Å². The normalized spacial score (nSPS) is 23.7. The minimum atomic E-state index is -0.311. The number of fused-ring (bicyclic) bond motifs is 2. The molecule has 1 aliphatic carbocycles. The van der Waals surface area contributed by atoms with E-state index in [-0.39, 0.29) is 17.2 Å². The van der Waals surface area contributed by atoms with E-state index < -0.39 is 0 Å². The van der Waals surface area contributed by atoms with Gasteiger partial charge in [0.1, 0.15) is 22.2 Å². The molecule has 1 aromatic carbocycles. The predicted molar refractivity (Wildman–Crippen MR) is 127 cm³/mol. The number of nitrogens with one attached hydrogen (secondary N) is 1. The van der Waals surface area contributed by atoms with E-state index in [1.165, 1.54) is 13.2 Å². The van der Waals surface area contributed by atoms with E-state index in [9.17, 15) is 4.39 Å². The van der Waals surface area contributed by atoms with Crippen LogP contribution in [0.1, 0.15) is 12.0 Å². The molecule has 34 heavy (non-hydrogen) atoms. The molecule has 1 aliphatic heterocycles. The van der Waals surface area contributed by atoms with E-state index in [1.54, 1.807) is 24.5 Å². The summed E-state index contributed by atoms with van der Waals surface area (Å²) in [5.41, 5.74) is 9.10. The summed E-state index contributed by atoms with van der Waals surface area (Å²) in [6.45, 7) is 1.99. The van der Waals surface area contributed by atoms with E-state index in [0.717, 1.165) is 30.9 Å². The predicted octanol–water partition coefficient (Wildman–Crippen LogP) is 3.57. The first-order valence-electron chi connectivity index (χ1n) is 11.2. The van der Waals surface area contributed by atoms with Crippen molar-refractivity contribution in [3.63, 3.8) is 0 Å². The zero-order valence-corrected chi connectivity index (χ0v) is 19.3. The van der Waals surface area contributed by atoms with Crippen LogP contribution in [-0.2, 0) is 5.41 Å². The number of nitrogens with two attached hydrogens (primary N) is 1. The average molecular weight is 480 g/mol. The molecule has 0 amide bonds. The third-order valence-electron chi connectivity index (χ3n) is 7.44. The van der Waals surface area contributed by atoms with Crippen LogP contribution in [-0.4, -0.2) is 51.9 Å². The lowest BCUT2D eigenvalue weighted by Crippen LogP contribution is -2.32. The molecule has 0 unspecified atom stereocenters. The number of H-pyrrole nitrogens is 1. The molecule has 4 aromatic rings. The van der Waals surface area contributed by atoms with Crippen molar-refractivity contribution in [1.29, 1.82) is 0 Å². The molecule has 1 saturated carbocycles. The summed E-state index contributed by atoms with van der Waals surface area (Å²) in [7, 11) is 1.52. The number of aromatic amines is 1. The molecule has 6 rings (SSSR count). The molecule has 0 spiro atoms. The van der Waals surface area contributed by atoms with Crippen LogP contribution in [0, 0.1) is 17.7 Å². The number of methoxy groups -OCH3 is 1. The van der Waals surface area contributed by atoms with Crippen molar-refractivity contribution in [2.45, 2.75) is 11.8 Å². The van der Waals surface area contributed by atoms with Gasteiger partial charge in [-0.25, -0.2) is 19.3 Å². The lowest BCUT2D eigenvalue weighted by atomic mass is 9.91. The fourth-order valence-corrected chi connectivity index (χ4v) is 6.01. The maximum Gasteiger partial charge on any atom is 0.232 e. The van der Waals surface area contributed by atoms with E-state index in [0.29, 0.717) is 45.8 Å². The van der Waals surface area contributed by atoms with Crippen LogP contribution >= 0.6 is 11.6 Å². The molecule has 8 nitrogen and oxygen atoms in total. The second-order valence-electron chi connectivity index (χ2n) is 8.85. The van der Waals surface area contributed by atoms with Crippen molar-refractivity contribution < 1.29 is 9.13 Å². The Balaban J connectivity index is 1.29. The number of anilines is 1. The number of benzene rings is 1. The van der Waals surface area contributed by atoms with Gasteiger partial charge in [0, 0.05) is 36.8 Å². The van der Waals surface area contributed by atoms with Crippen LogP contribution in [0.5, 0.6) is 5.88 Å². The highest BCUT2D eigenvalue weighted by Crippen LogP contribution is 2.63. The van der Waals surface area contributed by atoms with Gasteiger partial charge in [0.05, 0.1) is 19.0 Å². The Morgan fingerprint density at radius 2 is 2.12 bits per heavy atom. The first-order valence-corrected chi connectivity index (χ1v) is 11.6. The SMILES string of the molecule is COc1nccc(-c2[nH]nc3nc(N4CC[C@@H]5[C@H](C4)[C@@]5(CN)c4ccccc4F)cnc23)c1Cl. The number of rotatable bonds is 5. The smallest absolute Gasteiger partial charge is 0.232 e. The van der Waals surface area contributed by atoms with Crippen molar-refractivity contribution in [1.82, 2.24) is 25.1 Å². The molecule has 3 aromatic heterocycles. The fourth-order valence-electron chi connectivity index (χ4n) is 5.72. The monoisotopic (exact) mass is 479 g/mol. The van der Waals surface area contributed by atoms with Gasteiger partial charge in [0.2, 0.25) is 11.5 Å². The maximum atomic E-state index is 14.6. The summed E-state index contributed by atoms with van der Waals surface area (Å²) in [6, 6.07) is 8.78. The van der Waals surface area contributed by atoms with Gasteiger partial charge in [-0.2, -0.15) is 5.10 Å². The molecule has 174 valence electrons. The Hall–Kier alpha value is -3.30. The molecule has 2 aliphatic rings. The maximum absolute atomic E-state index is 14.6. The zero-order chi connectivity index (χ0) is 23.4. The second-order valence-corrected chi connectivity index (χ2v) is 9.23. The number of piperidine rings is 1. The third kappa shape index (κ3) is 3.00. The Bertz CT molecular complexity index is 1400. The van der Waals surface area contributed by atoms with Crippen molar-refractivity contribution in [2.24, 2.45) is 17.6 Å². The highest BCUT2D eigenvalue weighted by atomic mass is 35.5. The molecule has 4 heterocycles. The summed E-state index contributed by atoms with van der Waals surface area (Å²) >= 11 is 6.45. The van der Waals surface area contributed by atoms with Gasteiger partial charge < -0.3 is 15.4 Å². The van der Waals surface area contributed by atoms with Crippen LogP contribution in [0.3, 0.4) is 0 Å². The van der Waals surface area contributed by atoms with E-state index in [2.05, 4.69) is 25.1 Å². The van der Waals surface area contributed by atoms with E-state index in [1.807, 2.05) is 12.1 Å². The third-order valence-corrected chi connectivity index (χ3v) is 7.80. The molecule has 10 heteroatoms. The number of pyridine rings is 1. The fraction of sp³-hybridized carbons (Fsp3) is 0.333. The molecule has 3 atom stereocenters. The Morgan fingerprint density at radius 1 is 1.26 bits per heavy atom. The summed E-state index contributed by atoms with van der Waals surface area (Å²) in [5.74, 6) is 1.55. The highest BCUT2D eigenvalue weighted by molar-refractivity contribution is 6.34. The van der Waals surface area contributed by atoms with Crippen LogP contribution in [0.15, 0.2) is 42.7 Å². The first-order chi connectivity index (χ1) is 16.6. The molecule has 2 fully saturated rings. The lowest BCUT2D eigenvalue weighted by Gasteiger charge is -2.26. The second kappa shape index (κ2) is 7.89. The van der Waals surface area contributed by atoms with Crippen molar-refractivity contribution in [3.8, 4) is 17.1 Å². The first kappa shape index (κ1) is 21.2. The Morgan fingerprint density at radius 3 is 2.91 bits per heavy atom. The minimum Gasteiger partial charge on any atom is -0.480 e. The van der Waals surface area contributed by atoms with Gasteiger partial charge in [-0.1, -0.05) is 29.8 Å². The number of halogens is 2. The number of nitrogens with zero attached hydrogens (tertiary/aromatic N) is 5. The Kier molecular flexibility index (Phi) is 4.93. The quantitative estimate of drug-likeness (QED) is 0.450. The number of aromatic nitrogens is 5. The molecular formula is C24H23ClFN7O. The number of hydrogen-bond acceptors (Lipinski definition) is 7. The molecule has 1 saturated heterocycles. The average Bonchev–Trinajstić information content (AvgIpc) is 3.33. The minimum absolute atomic E-state index is 0.175. The van der Waals surface area contributed by atoms with Gasteiger partial charge >= 0.3 is 0 Å². The van der Waals surface area contributed by atoms with Crippen molar-refractivity contribution >= 4 is 28.6 Å². The van der Waals surface area contributed by atoms with Gasteiger partial charge in [0.15, 0.2) is 0 Å². The van der Waals surface area contributed by atoms with Gasteiger partial charge in [-0.05, 0) is 36.0 Å². The topological polar surface area (TPSA) is 106 Å². The molecule has 3 N–H and O–H groups in total. The van der Waals surface area contributed by atoms with Crippen LogP contribution < -0.4 is 15.4 Å². The standard InChI is InChI=1S/C24H23ClFN7O/c1-34-23-19(25)13(6-8-28-23)20-21-22(32-31-20)30-18(10-29-21)33-9-7-14-16(11-33)24(14,12-27)15-4-2-3-5-17(15)26/h2-6,8,10,14,16H,7,9,11-12,27H2,1H3,(H,30,31,32)/t14-,16+,24-/m1/s1. The number of hydrogen-bond donors (Lipinski definition) is 2. The summed E-state index contributed by atoms with van der Waals surface area (Å²) in [4.78, 5) is 15.7. The van der Waals surface area contributed by atoms with Crippen LogP contribution in [0.4, 0.5) is 10.2 Å². The van der Waals surface area contributed by atoms with Crippen LogP contribution in [0.25, 0.3) is 22.4 Å². The Labute approximate surface area is 200 Å². The zero-order valence-electron chi connectivity index (χ0n) is 18.5. The highest BCUT2D eigenvalue weighted by Gasteiger charge is 2.66. The summed E-state index contributed by atoms with van der Waals surface area (Å²) in [5, 5.41) is 7.74. The van der Waals surface area contributed by atoms with Crippen molar-refractivity contribution in [3.05, 3.63) is 59.1 Å². The van der Waals surface area contributed by atoms with Crippen molar-refractivity contribution in [2.75, 3.05) is 31.6 Å². The largest absolute Gasteiger partial charge is 0.480 e. The molecule has 0 bridgehead atoms.